The molecule has 0 saturated carbocycles. The minimum Gasteiger partial charge on any atom is -0.329 e. The molecule has 0 saturated heterocycles. The molecule has 0 aliphatic carbocycles. The van der Waals surface area contributed by atoms with Crippen molar-refractivity contribution in [2.75, 3.05) is 13.1 Å². The highest BCUT2D eigenvalue weighted by Gasteiger charge is 2.11. The van der Waals surface area contributed by atoms with Crippen LogP contribution < -0.4 is 5.73 Å². The Balaban J connectivity index is 2.06. The molecule has 4 nitrogen and oxygen atoms in total. The van der Waals surface area contributed by atoms with Gasteiger partial charge in [-0.1, -0.05) is 41.9 Å². The average molecular weight is 279 g/mol. The van der Waals surface area contributed by atoms with Gasteiger partial charge in [0.15, 0.2) is 0 Å². The van der Waals surface area contributed by atoms with E-state index in [1.807, 2.05) is 29.8 Å². The minimum atomic E-state index is 0.630. The zero-order chi connectivity index (χ0) is 13.7. The number of halogens is 1. The Morgan fingerprint density at radius 2 is 2.00 bits per heavy atom. The van der Waals surface area contributed by atoms with Crippen molar-refractivity contribution in [3.63, 3.8) is 0 Å². The molecule has 0 amide bonds. The third-order valence-corrected chi connectivity index (χ3v) is 3.44. The molecule has 0 unspecified atom stereocenters. The Bertz CT molecular complexity index is 509. The van der Waals surface area contributed by atoms with Gasteiger partial charge in [-0.15, -0.1) is 0 Å². The van der Waals surface area contributed by atoms with Crippen molar-refractivity contribution in [1.29, 1.82) is 0 Å². The average Bonchev–Trinajstić information content (AvgIpc) is 2.72. The molecule has 0 atom stereocenters. The predicted octanol–water partition coefficient (Wildman–Crippen LogP) is 2.03. The molecular weight excluding hydrogens is 260 g/mol. The maximum atomic E-state index is 6.01. The quantitative estimate of drug-likeness (QED) is 0.880. The summed E-state index contributed by atoms with van der Waals surface area (Å²) < 4.78 is 1.90. The van der Waals surface area contributed by atoms with Gasteiger partial charge >= 0.3 is 0 Å². The Morgan fingerprint density at radius 3 is 2.58 bits per heavy atom. The molecule has 1 heterocycles. The van der Waals surface area contributed by atoms with Crippen LogP contribution >= 0.6 is 11.6 Å². The molecule has 0 aliphatic heterocycles. The fourth-order valence-corrected chi connectivity index (χ4v) is 2.16. The molecule has 1 aromatic carbocycles. The Morgan fingerprint density at radius 1 is 1.26 bits per heavy atom. The zero-order valence-corrected chi connectivity index (χ0v) is 11.8. The third-order valence-electron chi connectivity index (χ3n) is 3.09. The first-order chi connectivity index (χ1) is 9.20. The van der Waals surface area contributed by atoms with E-state index < -0.39 is 0 Å². The highest BCUT2D eigenvalue weighted by atomic mass is 35.5. The molecule has 0 radical (unpaired) electrons. The van der Waals surface area contributed by atoms with Gasteiger partial charge in [-0.2, -0.15) is 0 Å². The summed E-state index contributed by atoms with van der Waals surface area (Å²) in [5.74, 6) is 0.953. The van der Waals surface area contributed by atoms with Crippen molar-refractivity contribution >= 4 is 11.6 Å². The van der Waals surface area contributed by atoms with E-state index in [1.54, 1.807) is 6.20 Å². The van der Waals surface area contributed by atoms with Crippen molar-refractivity contribution < 1.29 is 0 Å². The molecule has 1 aromatic heterocycles. The second-order valence-electron chi connectivity index (χ2n) is 4.54. The van der Waals surface area contributed by atoms with E-state index in [4.69, 9.17) is 17.3 Å². The van der Waals surface area contributed by atoms with Crippen molar-refractivity contribution in [3.8, 4) is 0 Å². The van der Waals surface area contributed by atoms with Gasteiger partial charge in [0, 0.05) is 26.7 Å². The fourth-order valence-electron chi connectivity index (χ4n) is 2.01. The molecule has 102 valence electrons. The monoisotopic (exact) mass is 278 g/mol. The van der Waals surface area contributed by atoms with Gasteiger partial charge in [-0.25, -0.2) is 4.98 Å². The minimum absolute atomic E-state index is 0.630. The number of aromatic nitrogens is 2. The summed E-state index contributed by atoms with van der Waals surface area (Å²) in [6.07, 6.45) is 1.68. The van der Waals surface area contributed by atoms with Crippen molar-refractivity contribution in [2.45, 2.75) is 13.1 Å². The molecule has 2 aromatic rings. The third kappa shape index (κ3) is 3.80. The summed E-state index contributed by atoms with van der Waals surface area (Å²) >= 11 is 6.01. The number of imidazole rings is 1. The lowest BCUT2D eigenvalue weighted by molar-refractivity contribution is 0.255. The van der Waals surface area contributed by atoms with E-state index in [2.05, 4.69) is 22.0 Å². The topological polar surface area (TPSA) is 47.1 Å². The van der Waals surface area contributed by atoms with Gasteiger partial charge < -0.3 is 10.3 Å². The Hall–Kier alpha value is -1.36. The van der Waals surface area contributed by atoms with Gasteiger partial charge in [0.1, 0.15) is 11.0 Å². The lowest BCUT2D eigenvalue weighted by Gasteiger charge is -2.21. The lowest BCUT2D eigenvalue weighted by atomic mass is 10.2. The van der Waals surface area contributed by atoms with Gasteiger partial charge in [0.05, 0.1) is 12.7 Å². The maximum absolute atomic E-state index is 6.01. The number of hydrogen-bond donors (Lipinski definition) is 1. The van der Waals surface area contributed by atoms with Crippen LogP contribution in [-0.4, -0.2) is 27.5 Å². The number of hydrogen-bond acceptors (Lipinski definition) is 3. The highest BCUT2D eigenvalue weighted by Crippen LogP contribution is 2.12. The van der Waals surface area contributed by atoms with E-state index in [9.17, 15) is 0 Å². The fraction of sp³-hybridized carbons (Fsp3) is 0.357. The standard InChI is InChI=1S/C14H19ClN4/c1-18-13(15)9-17-14(18)11-19(8-7-16)10-12-5-3-2-4-6-12/h2-6,9H,7-8,10-11,16H2,1H3. The van der Waals surface area contributed by atoms with Gasteiger partial charge in [-0.3, -0.25) is 4.90 Å². The van der Waals surface area contributed by atoms with Crippen LogP contribution in [0.2, 0.25) is 5.15 Å². The van der Waals surface area contributed by atoms with Gasteiger partial charge in [0.25, 0.3) is 0 Å². The highest BCUT2D eigenvalue weighted by molar-refractivity contribution is 6.29. The lowest BCUT2D eigenvalue weighted by Crippen LogP contribution is -2.29. The van der Waals surface area contributed by atoms with E-state index in [0.29, 0.717) is 11.7 Å². The Labute approximate surface area is 118 Å². The van der Waals surface area contributed by atoms with E-state index in [1.165, 1.54) is 5.56 Å². The molecular formula is C14H19ClN4. The summed E-state index contributed by atoms with van der Waals surface area (Å²) in [6.45, 7) is 3.07. The molecule has 0 spiro atoms. The summed E-state index contributed by atoms with van der Waals surface area (Å²) in [4.78, 5) is 6.60. The number of rotatable bonds is 6. The summed E-state index contributed by atoms with van der Waals surface area (Å²) in [5.41, 5.74) is 6.96. The molecule has 19 heavy (non-hydrogen) atoms. The normalized spacial score (nSPS) is 11.2. The van der Waals surface area contributed by atoms with Crippen LogP contribution in [0.25, 0.3) is 0 Å². The van der Waals surface area contributed by atoms with E-state index >= 15 is 0 Å². The molecule has 2 rings (SSSR count). The SMILES string of the molecule is Cn1c(Cl)cnc1CN(CCN)Cc1ccccc1. The number of nitrogens with two attached hydrogens (primary N) is 1. The zero-order valence-electron chi connectivity index (χ0n) is 11.1. The maximum Gasteiger partial charge on any atom is 0.128 e. The van der Waals surface area contributed by atoms with Crippen LogP contribution in [0.15, 0.2) is 36.5 Å². The molecule has 2 N–H and O–H groups in total. The van der Waals surface area contributed by atoms with Crippen molar-refractivity contribution in [3.05, 3.63) is 53.1 Å². The number of nitrogens with zero attached hydrogens (tertiary/aromatic N) is 3. The van der Waals surface area contributed by atoms with Crippen LogP contribution in [0.3, 0.4) is 0 Å². The summed E-state index contributed by atoms with van der Waals surface area (Å²) in [7, 11) is 1.92. The van der Waals surface area contributed by atoms with E-state index in [0.717, 1.165) is 25.5 Å². The van der Waals surface area contributed by atoms with Crippen LogP contribution in [0.4, 0.5) is 0 Å². The predicted molar refractivity (Wildman–Crippen MR) is 77.8 cm³/mol. The summed E-state index contributed by atoms with van der Waals surface area (Å²) in [6, 6.07) is 10.4. The molecule has 0 fully saturated rings. The first-order valence-corrected chi connectivity index (χ1v) is 6.71. The number of benzene rings is 1. The first kappa shape index (κ1) is 14.1. The first-order valence-electron chi connectivity index (χ1n) is 6.33. The molecule has 5 heteroatoms. The van der Waals surface area contributed by atoms with Crippen molar-refractivity contribution in [2.24, 2.45) is 12.8 Å². The van der Waals surface area contributed by atoms with Crippen LogP contribution in [0.5, 0.6) is 0 Å². The van der Waals surface area contributed by atoms with E-state index in [-0.39, 0.29) is 0 Å². The second kappa shape index (κ2) is 6.70. The van der Waals surface area contributed by atoms with Crippen LogP contribution in [0, 0.1) is 0 Å². The largest absolute Gasteiger partial charge is 0.329 e. The Kier molecular flexibility index (Phi) is 4.96. The van der Waals surface area contributed by atoms with Crippen LogP contribution in [-0.2, 0) is 20.1 Å². The summed E-state index contributed by atoms with van der Waals surface area (Å²) in [5, 5.41) is 0.655. The smallest absolute Gasteiger partial charge is 0.128 e. The van der Waals surface area contributed by atoms with Crippen molar-refractivity contribution in [1.82, 2.24) is 14.5 Å². The molecule has 0 bridgehead atoms. The molecule has 0 aliphatic rings. The van der Waals surface area contributed by atoms with Gasteiger partial charge in [-0.05, 0) is 5.56 Å². The second-order valence-corrected chi connectivity index (χ2v) is 4.93. The van der Waals surface area contributed by atoms with Gasteiger partial charge in [0.2, 0.25) is 0 Å². The van der Waals surface area contributed by atoms with Crippen LogP contribution in [0.1, 0.15) is 11.4 Å².